The van der Waals surface area contributed by atoms with E-state index in [2.05, 4.69) is 47.4 Å². The second-order valence-corrected chi connectivity index (χ2v) is 9.46. The number of nitrogens with zero attached hydrogens (tertiary/aromatic N) is 3. The topological polar surface area (TPSA) is 69.2 Å². The molecule has 0 aliphatic rings. The second kappa shape index (κ2) is 15.2. The summed E-state index contributed by atoms with van der Waals surface area (Å²) >= 11 is 3.42. The molecule has 2 N–H and O–H groups in total. The Morgan fingerprint density at radius 3 is 2.53 bits per heavy atom. The molecule has 0 heterocycles. The van der Waals surface area contributed by atoms with Crippen LogP contribution in [-0.4, -0.2) is 63.1 Å². The van der Waals surface area contributed by atoms with Gasteiger partial charge in [0.1, 0.15) is 0 Å². The Morgan fingerprint density at radius 2 is 1.97 bits per heavy atom. The van der Waals surface area contributed by atoms with Crippen molar-refractivity contribution in [3.63, 3.8) is 0 Å². The van der Waals surface area contributed by atoms with Crippen LogP contribution in [0.5, 0.6) is 5.75 Å². The zero-order chi connectivity index (χ0) is 28.2. The Kier molecular flexibility index (Phi) is 12.4. The van der Waals surface area contributed by atoms with Gasteiger partial charge in [-0.15, -0.1) is 0 Å². The van der Waals surface area contributed by atoms with Crippen LogP contribution in [0.25, 0.3) is 0 Å². The molecule has 2 aromatic rings. The average molecular weight is 603 g/mol. The van der Waals surface area contributed by atoms with Crippen molar-refractivity contribution in [2.75, 3.05) is 27.7 Å². The van der Waals surface area contributed by atoms with Gasteiger partial charge in [0, 0.05) is 7.05 Å². The van der Waals surface area contributed by atoms with E-state index in [1.165, 1.54) is 22.0 Å². The Hall–Kier alpha value is -3.30. The number of aliphatic imine (C=N–C) groups is 1. The number of nitrogens with one attached hydrogen (secondary N) is 2. The third-order valence-corrected chi connectivity index (χ3v) is 5.96. The van der Waals surface area contributed by atoms with Gasteiger partial charge in [0.2, 0.25) is 0 Å². The summed E-state index contributed by atoms with van der Waals surface area (Å²) in [5.74, 6) is -1.24. The van der Waals surface area contributed by atoms with E-state index in [-0.39, 0.29) is 24.4 Å². The Bertz CT molecular complexity index is 1230. The average Bonchev–Trinajstić information content (AvgIpc) is 2.89. The number of likely N-dealkylation sites (N-methyl/N-ethyl adjacent to an activating group) is 1. The van der Waals surface area contributed by atoms with Crippen molar-refractivity contribution in [2.45, 2.75) is 6.54 Å². The zero-order valence-electron chi connectivity index (χ0n) is 21.3. The van der Waals surface area contributed by atoms with Crippen molar-refractivity contribution in [3.8, 4) is 5.75 Å². The van der Waals surface area contributed by atoms with Gasteiger partial charge in [-0.3, -0.25) is 0 Å². The Morgan fingerprint density at radius 1 is 1.29 bits per heavy atom. The molecular formula is C26H29BBrF2N5O2P. The Labute approximate surface area is 233 Å². The SMILES string of the molecule is [B]=CN(Cc1cc(F)c(F)c(P)c1)C(=Nc1ccc(OC)cc1)NC(=O)N(C)C/C(C=C)=C/C(Br)=C\NC. The molecule has 1 unspecified atom stereocenters. The number of allylic oxidation sites excluding steroid dienone is 2. The van der Waals surface area contributed by atoms with Crippen LogP contribution in [-0.2, 0) is 6.54 Å². The van der Waals surface area contributed by atoms with Crippen LogP contribution in [0.1, 0.15) is 5.56 Å². The standard InChI is InChI=1S/C26H29BBrF2N5O2P/c1-5-17(10-19(28)13-31-2)14-34(3)26(36)33-25(32-20-6-8-21(37-4)9-7-20)35(16-27)15-18-11-22(29)24(30)23(38)12-18/h5-13,16,31H,1,14-15,38H2,2-4H3,(H,32,33,36)/b17-10+,19-13+. The van der Waals surface area contributed by atoms with E-state index < -0.39 is 17.7 Å². The summed E-state index contributed by atoms with van der Waals surface area (Å²) in [6, 6.07) is 8.88. The van der Waals surface area contributed by atoms with Gasteiger partial charge in [0.25, 0.3) is 0 Å². The van der Waals surface area contributed by atoms with Crippen molar-refractivity contribution in [1.29, 1.82) is 0 Å². The first-order valence-electron chi connectivity index (χ1n) is 11.3. The van der Waals surface area contributed by atoms with E-state index in [1.807, 2.05) is 6.08 Å². The second-order valence-electron chi connectivity index (χ2n) is 7.92. The van der Waals surface area contributed by atoms with Crippen molar-refractivity contribution in [3.05, 3.63) is 88.6 Å². The van der Waals surface area contributed by atoms with Crippen LogP contribution in [0.2, 0.25) is 0 Å². The van der Waals surface area contributed by atoms with Crippen molar-refractivity contribution < 1.29 is 18.3 Å². The number of halogens is 3. The van der Waals surface area contributed by atoms with Crippen LogP contribution < -0.4 is 20.7 Å². The van der Waals surface area contributed by atoms with E-state index in [9.17, 15) is 13.6 Å². The smallest absolute Gasteiger partial charge is 0.00280 e. The first-order chi connectivity index (χ1) is 18.1. The first kappa shape index (κ1) is 30.9. The van der Waals surface area contributed by atoms with E-state index in [1.54, 1.807) is 57.7 Å². The number of hydrogen-bond acceptors (Lipinski definition) is 4. The monoisotopic (exact) mass is 602 g/mol. The first-order valence-corrected chi connectivity index (χ1v) is 12.6. The molecule has 0 aliphatic carbocycles. The molecule has 2 rings (SSSR count). The fraction of sp³-hybridized carbons (Fsp3) is 0.192. The minimum Gasteiger partial charge on any atom is 0.00280 e. The fourth-order valence-electron chi connectivity index (χ4n) is 3.16. The van der Waals surface area contributed by atoms with Gasteiger partial charge in [-0.05, 0) is 0 Å². The van der Waals surface area contributed by atoms with E-state index in [0.717, 1.165) is 16.1 Å². The summed E-state index contributed by atoms with van der Waals surface area (Å²) in [7, 11) is 13.0. The molecule has 0 saturated heterocycles. The third kappa shape index (κ3) is 9.22. The molecule has 0 saturated carbocycles. The molecule has 2 amide bonds. The third-order valence-electron chi connectivity index (χ3n) is 5.08. The van der Waals surface area contributed by atoms with Gasteiger partial charge in [-0.2, -0.15) is 0 Å². The minimum atomic E-state index is -0.996. The van der Waals surface area contributed by atoms with E-state index in [0.29, 0.717) is 17.0 Å². The molecule has 0 aliphatic heterocycles. The number of carbonyl (C=O) groups is 1. The quantitative estimate of drug-likeness (QED) is 0.141. The number of hydrogen-bond donors (Lipinski definition) is 2. The van der Waals surface area contributed by atoms with Crippen molar-refractivity contribution >= 4 is 61.7 Å². The molecule has 7 nitrogen and oxygen atoms in total. The van der Waals surface area contributed by atoms with Crippen LogP contribution in [0.4, 0.5) is 19.3 Å². The predicted octanol–water partition coefficient (Wildman–Crippen LogP) is 4.10. The predicted molar refractivity (Wildman–Crippen MR) is 159 cm³/mol. The number of carbonyl (C=O) groups excluding carboxylic acids is 1. The van der Waals surface area contributed by atoms with Crippen LogP contribution in [0, 0.1) is 11.6 Å². The maximum atomic E-state index is 14.0. The minimum absolute atomic E-state index is 0.00759. The van der Waals surface area contributed by atoms with Gasteiger partial charge < -0.3 is 0 Å². The number of methoxy groups -OCH3 is 1. The van der Waals surface area contributed by atoms with Crippen molar-refractivity contribution in [1.82, 2.24) is 20.4 Å². The molecule has 0 aromatic heterocycles. The number of urea groups is 1. The number of rotatable bonds is 10. The van der Waals surface area contributed by atoms with E-state index in [4.69, 9.17) is 12.2 Å². The number of ether oxygens (including phenoxy) is 1. The summed E-state index contributed by atoms with van der Waals surface area (Å²) in [6.07, 6.45) is 6.41. The summed E-state index contributed by atoms with van der Waals surface area (Å²) in [6.45, 7) is 4.06. The maximum absolute atomic E-state index is 14.0. The van der Waals surface area contributed by atoms with Gasteiger partial charge >= 0.3 is 227 Å². The van der Waals surface area contributed by atoms with Gasteiger partial charge in [-0.1, -0.05) is 0 Å². The molecule has 2 aromatic carbocycles. The normalized spacial score (nSPS) is 12.0. The summed E-state index contributed by atoms with van der Waals surface area (Å²) in [5, 5.41) is 5.73. The van der Waals surface area contributed by atoms with Gasteiger partial charge in [0.05, 0.1) is 0 Å². The molecule has 1 radical (unpaired) electrons. The molecule has 199 valence electrons. The van der Waals surface area contributed by atoms with Gasteiger partial charge in [0.15, 0.2) is 0 Å². The fourth-order valence-corrected chi connectivity index (χ4v) is 4.04. The van der Waals surface area contributed by atoms with Crippen LogP contribution in [0.3, 0.4) is 0 Å². The molecule has 38 heavy (non-hydrogen) atoms. The number of guanidine groups is 1. The molecule has 12 heteroatoms. The van der Waals surface area contributed by atoms with E-state index >= 15 is 0 Å². The van der Waals surface area contributed by atoms with Crippen molar-refractivity contribution in [2.24, 2.45) is 4.99 Å². The van der Waals surface area contributed by atoms with Crippen LogP contribution >= 0.6 is 25.2 Å². The molecule has 0 fully saturated rings. The molecule has 1 atom stereocenters. The molecule has 0 spiro atoms. The summed E-state index contributed by atoms with van der Waals surface area (Å²) in [5.41, 5.74) is 1.69. The Balaban J connectivity index is 2.38. The van der Waals surface area contributed by atoms with Gasteiger partial charge in [-0.25, -0.2) is 0 Å². The zero-order valence-corrected chi connectivity index (χ0v) is 24.1. The molecular weight excluding hydrogens is 574 g/mol. The molecule has 0 bridgehead atoms. The summed E-state index contributed by atoms with van der Waals surface area (Å²) < 4.78 is 33.8. The van der Waals surface area contributed by atoms with Crippen LogP contribution in [0.15, 0.2) is 76.4 Å². The summed E-state index contributed by atoms with van der Waals surface area (Å²) in [4.78, 5) is 20.5. The number of amides is 2. The number of benzene rings is 2.